The number of aromatic nitrogens is 2. The fraction of sp³-hybridized carbons (Fsp3) is 0.0909. The monoisotopic (exact) mass is 639 g/mol. The van der Waals surface area contributed by atoms with Crippen LogP contribution in [0, 0.1) is 5.82 Å². The van der Waals surface area contributed by atoms with Crippen LogP contribution >= 0.6 is 34.4 Å². The van der Waals surface area contributed by atoms with E-state index in [-0.39, 0.29) is 17.7 Å². The number of hydrogen-bond acceptors (Lipinski definition) is 9. The van der Waals surface area contributed by atoms with Crippen LogP contribution in [0.4, 0.5) is 4.39 Å². The minimum atomic E-state index is -0.884. The summed E-state index contributed by atoms with van der Waals surface area (Å²) in [6.45, 7) is 1.86. The van der Waals surface area contributed by atoms with Gasteiger partial charge in [-0.1, -0.05) is 65.9 Å². The molecule has 0 saturated heterocycles. The number of carbonyl (C=O) groups excluding carboxylic acids is 1. The van der Waals surface area contributed by atoms with E-state index in [1.165, 1.54) is 39.8 Å². The van der Waals surface area contributed by atoms with Gasteiger partial charge in [-0.15, -0.1) is 11.3 Å². The van der Waals surface area contributed by atoms with Gasteiger partial charge in [-0.05, 0) is 60.6 Å². The number of ether oxygens (including phenoxy) is 1. The molecule has 7 rings (SSSR count). The molecule has 7 nitrogen and oxygen atoms in total. The van der Waals surface area contributed by atoms with Gasteiger partial charge in [0.25, 0.3) is 5.56 Å². The average molecular weight is 640 g/mol. The Balaban J connectivity index is 1.34. The van der Waals surface area contributed by atoms with Crippen molar-refractivity contribution in [2.24, 2.45) is 4.99 Å². The molecule has 0 aliphatic carbocycles. The summed E-state index contributed by atoms with van der Waals surface area (Å²) in [7, 11) is 0. The van der Waals surface area contributed by atoms with Gasteiger partial charge in [0.05, 0.1) is 38.7 Å². The number of nitrogens with zero attached hydrogens (tertiary/aromatic N) is 3. The fourth-order valence-electron chi connectivity index (χ4n) is 4.98. The van der Waals surface area contributed by atoms with Crippen molar-refractivity contribution >= 4 is 62.4 Å². The molecule has 1 aliphatic rings. The predicted molar refractivity (Wildman–Crippen MR) is 170 cm³/mol. The van der Waals surface area contributed by atoms with Crippen molar-refractivity contribution in [3.8, 4) is 0 Å². The number of halogens is 1. The highest BCUT2D eigenvalue weighted by atomic mass is 32.2. The molecule has 0 saturated carbocycles. The zero-order chi connectivity index (χ0) is 30.2. The summed E-state index contributed by atoms with van der Waals surface area (Å²) >= 11 is 4.19. The number of para-hydroxylation sites is 1. The maximum Gasteiger partial charge on any atom is 0.338 e. The SMILES string of the molecule is CCOC(=O)C1=C(c2ccccc2)N=c2s/c(=C/c3ccc(Sc4nc5ccccc5s4)o3)c(=O)n2[C@@H]1c1ccc(F)cc1. The van der Waals surface area contributed by atoms with Crippen molar-refractivity contribution in [3.63, 3.8) is 0 Å². The molecule has 3 aromatic heterocycles. The number of rotatable bonds is 7. The highest BCUT2D eigenvalue weighted by Gasteiger charge is 2.35. The summed E-state index contributed by atoms with van der Waals surface area (Å²) in [6, 6.07) is 25.7. The first-order valence-corrected chi connectivity index (χ1v) is 16.1. The zero-order valence-corrected chi connectivity index (χ0v) is 25.5. The summed E-state index contributed by atoms with van der Waals surface area (Å²) in [5, 5.41) is 0.642. The molecule has 0 unspecified atom stereocenters. The van der Waals surface area contributed by atoms with Gasteiger partial charge in [0.15, 0.2) is 14.2 Å². The number of benzene rings is 3. The van der Waals surface area contributed by atoms with Crippen LogP contribution < -0.4 is 14.9 Å². The number of esters is 1. The standard InChI is InChI=1S/C33H22FN3O4S3/c1-2-40-31(39)27-28(19-8-4-3-5-9-19)36-32-37(29(27)20-12-14-21(34)15-13-20)30(38)25(42-32)18-22-16-17-26(41-22)44-33-35-23-10-6-7-11-24(23)43-33/h3-18,29H,2H2,1H3/b25-18+/t29-/m1/s1. The molecule has 0 spiro atoms. The van der Waals surface area contributed by atoms with Crippen molar-refractivity contribution in [3.05, 3.63) is 139 Å². The lowest BCUT2D eigenvalue weighted by atomic mass is 9.93. The molecule has 1 aliphatic heterocycles. The normalized spacial score (nSPS) is 15.0. The van der Waals surface area contributed by atoms with Crippen molar-refractivity contribution in [2.45, 2.75) is 22.4 Å². The topological polar surface area (TPSA) is 86.7 Å². The van der Waals surface area contributed by atoms with Gasteiger partial charge in [-0.2, -0.15) is 0 Å². The maximum atomic E-state index is 14.0. The molecule has 0 fully saturated rings. The molecule has 11 heteroatoms. The molecule has 0 radical (unpaired) electrons. The van der Waals surface area contributed by atoms with E-state index in [2.05, 4.69) is 4.98 Å². The first kappa shape index (κ1) is 28.2. The van der Waals surface area contributed by atoms with Gasteiger partial charge in [0, 0.05) is 11.6 Å². The minimum Gasteiger partial charge on any atom is -0.463 e. The van der Waals surface area contributed by atoms with Crippen molar-refractivity contribution in [2.75, 3.05) is 6.61 Å². The zero-order valence-electron chi connectivity index (χ0n) is 23.1. The van der Waals surface area contributed by atoms with E-state index < -0.39 is 17.8 Å². The summed E-state index contributed by atoms with van der Waals surface area (Å²) < 4.78 is 29.3. The van der Waals surface area contributed by atoms with Crippen molar-refractivity contribution in [1.82, 2.24) is 9.55 Å². The molecule has 6 aromatic rings. The molecular formula is C33H22FN3O4S3. The lowest BCUT2D eigenvalue weighted by Gasteiger charge is -2.25. The maximum absolute atomic E-state index is 14.0. The van der Waals surface area contributed by atoms with Crippen molar-refractivity contribution in [1.29, 1.82) is 0 Å². The number of furan rings is 1. The molecule has 44 heavy (non-hydrogen) atoms. The van der Waals surface area contributed by atoms with E-state index in [0.29, 0.717) is 37.0 Å². The molecule has 0 bridgehead atoms. The van der Waals surface area contributed by atoms with E-state index in [4.69, 9.17) is 14.1 Å². The van der Waals surface area contributed by atoms with E-state index >= 15 is 0 Å². The summed E-state index contributed by atoms with van der Waals surface area (Å²) in [5.41, 5.74) is 2.44. The summed E-state index contributed by atoms with van der Waals surface area (Å²) in [5.74, 6) is -0.533. The van der Waals surface area contributed by atoms with E-state index in [1.54, 1.807) is 42.5 Å². The van der Waals surface area contributed by atoms with Gasteiger partial charge in [-0.25, -0.2) is 19.2 Å². The summed E-state index contributed by atoms with van der Waals surface area (Å²) in [4.78, 5) is 37.4. The van der Waals surface area contributed by atoms with Gasteiger partial charge in [-0.3, -0.25) is 9.36 Å². The highest BCUT2D eigenvalue weighted by molar-refractivity contribution is 8.01. The molecule has 1 atom stereocenters. The van der Waals surface area contributed by atoms with E-state index in [1.807, 2.05) is 60.7 Å². The van der Waals surface area contributed by atoms with Crippen LogP contribution in [0.1, 0.15) is 29.9 Å². The van der Waals surface area contributed by atoms with Gasteiger partial charge in [0.1, 0.15) is 11.6 Å². The average Bonchev–Trinajstić information content (AvgIpc) is 3.74. The Bertz CT molecular complexity index is 2200. The Kier molecular flexibility index (Phi) is 7.59. The number of carbonyl (C=O) groups is 1. The van der Waals surface area contributed by atoms with Crippen LogP contribution in [0.5, 0.6) is 0 Å². The molecule has 0 N–H and O–H groups in total. The Labute approximate surface area is 262 Å². The second kappa shape index (κ2) is 11.8. The third-order valence-corrected chi connectivity index (χ3v) is 9.90. The number of fused-ring (bicyclic) bond motifs is 2. The van der Waals surface area contributed by atoms with Gasteiger partial charge in [0.2, 0.25) is 0 Å². The smallest absolute Gasteiger partial charge is 0.338 e. The highest BCUT2D eigenvalue weighted by Crippen LogP contribution is 2.36. The number of thiazole rings is 2. The van der Waals surface area contributed by atoms with Gasteiger partial charge >= 0.3 is 5.97 Å². The van der Waals surface area contributed by atoms with Crippen LogP contribution in [0.15, 0.2) is 120 Å². The lowest BCUT2D eigenvalue weighted by Crippen LogP contribution is -2.40. The predicted octanol–water partition coefficient (Wildman–Crippen LogP) is 6.43. The Morgan fingerprint density at radius 1 is 1.02 bits per heavy atom. The molecule has 218 valence electrons. The first-order chi connectivity index (χ1) is 21.5. The Morgan fingerprint density at radius 3 is 2.57 bits per heavy atom. The quantitative estimate of drug-likeness (QED) is 0.187. The van der Waals surface area contributed by atoms with E-state index in [9.17, 15) is 14.0 Å². The fourth-order valence-corrected chi connectivity index (χ4v) is 7.93. The first-order valence-electron chi connectivity index (χ1n) is 13.7. The van der Waals surface area contributed by atoms with Gasteiger partial charge < -0.3 is 9.15 Å². The second-order valence-corrected chi connectivity index (χ2v) is 13.0. The molecule has 0 amide bonds. The largest absolute Gasteiger partial charge is 0.463 e. The van der Waals surface area contributed by atoms with Crippen LogP contribution in [0.2, 0.25) is 0 Å². The Hall–Kier alpha value is -4.58. The Morgan fingerprint density at radius 2 is 1.80 bits per heavy atom. The second-order valence-electron chi connectivity index (χ2n) is 9.69. The minimum absolute atomic E-state index is 0.140. The van der Waals surface area contributed by atoms with E-state index in [0.717, 1.165) is 14.6 Å². The number of hydrogen-bond donors (Lipinski definition) is 0. The van der Waals surface area contributed by atoms with Crippen LogP contribution in [-0.2, 0) is 9.53 Å². The van der Waals surface area contributed by atoms with Crippen molar-refractivity contribution < 1.29 is 18.3 Å². The third kappa shape index (κ3) is 5.34. The lowest BCUT2D eigenvalue weighted by molar-refractivity contribution is -0.138. The third-order valence-electron chi connectivity index (χ3n) is 6.90. The van der Waals surface area contributed by atoms with Crippen LogP contribution in [-0.4, -0.2) is 22.1 Å². The van der Waals surface area contributed by atoms with Crippen LogP contribution in [0.25, 0.3) is 22.0 Å². The summed E-state index contributed by atoms with van der Waals surface area (Å²) in [6.07, 6.45) is 1.67. The molecule has 3 aromatic carbocycles. The molecule has 4 heterocycles. The van der Waals surface area contributed by atoms with Crippen LogP contribution in [0.3, 0.4) is 0 Å². The molecular weight excluding hydrogens is 618 g/mol.